The van der Waals surface area contributed by atoms with Crippen LogP contribution in [0.5, 0.6) is 0 Å². The van der Waals surface area contributed by atoms with E-state index in [-0.39, 0.29) is 19.1 Å². The molecule has 1 aromatic rings. The van der Waals surface area contributed by atoms with Crippen molar-refractivity contribution in [2.45, 2.75) is 26.4 Å². The highest BCUT2D eigenvalue weighted by Crippen LogP contribution is 2.00. The van der Waals surface area contributed by atoms with Crippen molar-refractivity contribution in [3.63, 3.8) is 0 Å². The monoisotopic (exact) mass is 254 g/mol. The highest BCUT2D eigenvalue weighted by atomic mass is 16.4. The van der Waals surface area contributed by atoms with Crippen molar-refractivity contribution < 1.29 is 14.7 Å². The highest BCUT2D eigenvalue weighted by molar-refractivity contribution is 5.80. The molecule has 1 heterocycles. The number of carboxylic acid groups (broad SMARTS) is 1. The number of carbonyl (C=O) groups excluding carboxylic acids is 1. The third-order valence-corrected chi connectivity index (χ3v) is 2.38. The van der Waals surface area contributed by atoms with E-state index in [0.717, 1.165) is 5.69 Å². The van der Waals surface area contributed by atoms with E-state index in [1.807, 2.05) is 0 Å². The smallest absolute Gasteiger partial charge is 0.323 e. The topological polar surface area (TPSA) is 87.5 Å². The molecule has 100 valence electrons. The predicted octanol–water partition coefficient (Wildman–Crippen LogP) is 0.425. The molecule has 18 heavy (non-hydrogen) atoms. The second-order valence-electron chi connectivity index (χ2n) is 4.25. The Kier molecular flexibility index (Phi) is 4.70. The van der Waals surface area contributed by atoms with Gasteiger partial charge in [-0.25, -0.2) is 4.79 Å². The van der Waals surface area contributed by atoms with Gasteiger partial charge in [-0.15, -0.1) is 0 Å². The fourth-order valence-corrected chi connectivity index (χ4v) is 1.46. The van der Waals surface area contributed by atoms with E-state index < -0.39 is 12.0 Å². The lowest BCUT2D eigenvalue weighted by atomic mass is 10.3. The molecule has 0 aliphatic carbocycles. The van der Waals surface area contributed by atoms with Crippen LogP contribution in [0.3, 0.4) is 0 Å². The summed E-state index contributed by atoms with van der Waals surface area (Å²) in [6.45, 7) is 3.50. The molecule has 2 amide bonds. The van der Waals surface area contributed by atoms with Crippen LogP contribution >= 0.6 is 0 Å². The van der Waals surface area contributed by atoms with Gasteiger partial charge in [0.2, 0.25) is 0 Å². The number of aryl methyl sites for hydroxylation is 1. The van der Waals surface area contributed by atoms with Crippen LogP contribution in [-0.4, -0.2) is 44.4 Å². The molecular formula is C11H18N4O3. The number of nitrogens with zero attached hydrogens (tertiary/aromatic N) is 3. The summed E-state index contributed by atoms with van der Waals surface area (Å²) in [6, 6.07) is 1.21. The van der Waals surface area contributed by atoms with Gasteiger partial charge in [0.25, 0.3) is 0 Å². The van der Waals surface area contributed by atoms with Crippen molar-refractivity contribution in [2.24, 2.45) is 7.05 Å². The first kappa shape index (κ1) is 14.0. The molecule has 7 nitrogen and oxygen atoms in total. The van der Waals surface area contributed by atoms with E-state index in [9.17, 15) is 9.59 Å². The van der Waals surface area contributed by atoms with Crippen LogP contribution < -0.4 is 5.32 Å². The van der Waals surface area contributed by atoms with Gasteiger partial charge in [0.15, 0.2) is 0 Å². The zero-order chi connectivity index (χ0) is 13.7. The Morgan fingerprint density at radius 2 is 2.22 bits per heavy atom. The minimum absolute atomic E-state index is 0.176. The summed E-state index contributed by atoms with van der Waals surface area (Å²) in [5.74, 6) is -1.03. The van der Waals surface area contributed by atoms with Gasteiger partial charge in [-0.3, -0.25) is 9.48 Å². The number of hydrogen-bond donors (Lipinski definition) is 2. The second kappa shape index (κ2) is 6.04. The lowest BCUT2D eigenvalue weighted by Crippen LogP contribution is -2.46. The molecule has 0 aliphatic rings. The zero-order valence-corrected chi connectivity index (χ0v) is 10.8. The first-order valence-electron chi connectivity index (χ1n) is 5.65. The standard InChI is InChI=1S/C11H18N4O3/c1-8(2)15(7-10(16)17)11(18)12-6-9-4-5-14(3)13-9/h4-5,8H,6-7H2,1-3H3,(H,12,18)(H,16,17). The van der Waals surface area contributed by atoms with Crippen molar-refractivity contribution in [3.8, 4) is 0 Å². The summed E-state index contributed by atoms with van der Waals surface area (Å²) in [6.07, 6.45) is 1.78. The molecule has 0 atom stereocenters. The molecule has 0 unspecified atom stereocenters. The molecule has 1 rings (SSSR count). The lowest BCUT2D eigenvalue weighted by molar-refractivity contribution is -0.138. The summed E-state index contributed by atoms with van der Waals surface area (Å²) < 4.78 is 1.64. The number of urea groups is 1. The average Bonchev–Trinajstić information content (AvgIpc) is 2.68. The Balaban J connectivity index is 2.53. The van der Waals surface area contributed by atoms with Gasteiger partial charge in [0.05, 0.1) is 12.2 Å². The van der Waals surface area contributed by atoms with Gasteiger partial charge in [-0.1, -0.05) is 0 Å². The van der Waals surface area contributed by atoms with E-state index in [2.05, 4.69) is 10.4 Å². The van der Waals surface area contributed by atoms with Crippen LogP contribution in [0, 0.1) is 0 Å². The number of amides is 2. The second-order valence-corrected chi connectivity index (χ2v) is 4.25. The third kappa shape index (κ3) is 4.08. The Hall–Kier alpha value is -2.05. The lowest BCUT2D eigenvalue weighted by Gasteiger charge is -2.24. The number of nitrogens with one attached hydrogen (secondary N) is 1. The predicted molar refractivity (Wildman–Crippen MR) is 64.9 cm³/mol. The molecule has 1 aromatic heterocycles. The quantitative estimate of drug-likeness (QED) is 0.797. The van der Waals surface area contributed by atoms with Gasteiger partial charge < -0.3 is 15.3 Å². The summed E-state index contributed by atoms with van der Waals surface area (Å²) in [4.78, 5) is 23.7. The number of carboxylic acids is 1. The van der Waals surface area contributed by atoms with Gasteiger partial charge in [-0.05, 0) is 19.9 Å². The molecule has 0 fully saturated rings. The van der Waals surface area contributed by atoms with E-state index >= 15 is 0 Å². The van der Waals surface area contributed by atoms with E-state index in [0.29, 0.717) is 0 Å². The Labute approximate surface area is 105 Å². The maximum absolute atomic E-state index is 11.8. The largest absolute Gasteiger partial charge is 0.480 e. The van der Waals surface area contributed by atoms with Gasteiger partial charge in [0.1, 0.15) is 6.54 Å². The number of aromatic nitrogens is 2. The van der Waals surface area contributed by atoms with Gasteiger partial charge in [0, 0.05) is 19.3 Å². The minimum Gasteiger partial charge on any atom is -0.480 e. The SMILES string of the molecule is CC(C)N(CC(=O)O)C(=O)NCc1ccn(C)n1. The van der Waals surface area contributed by atoms with Crippen molar-refractivity contribution in [1.29, 1.82) is 0 Å². The van der Waals surface area contributed by atoms with E-state index in [1.165, 1.54) is 4.90 Å². The fourth-order valence-electron chi connectivity index (χ4n) is 1.46. The Bertz CT molecular complexity index is 428. The molecular weight excluding hydrogens is 236 g/mol. The number of aliphatic carboxylic acids is 1. The van der Waals surface area contributed by atoms with Crippen molar-refractivity contribution >= 4 is 12.0 Å². The normalized spacial score (nSPS) is 10.4. The first-order valence-corrected chi connectivity index (χ1v) is 5.65. The molecule has 0 bridgehead atoms. The van der Waals surface area contributed by atoms with Crippen molar-refractivity contribution in [2.75, 3.05) is 6.54 Å². The molecule has 0 saturated carbocycles. The average molecular weight is 254 g/mol. The van der Waals surface area contributed by atoms with Crippen LogP contribution in [-0.2, 0) is 18.4 Å². The summed E-state index contributed by atoms with van der Waals surface area (Å²) >= 11 is 0. The van der Waals surface area contributed by atoms with Gasteiger partial charge >= 0.3 is 12.0 Å². The van der Waals surface area contributed by atoms with Crippen molar-refractivity contribution in [1.82, 2.24) is 20.0 Å². The molecule has 0 aromatic carbocycles. The number of carbonyl (C=O) groups is 2. The molecule has 0 aliphatic heterocycles. The highest BCUT2D eigenvalue weighted by Gasteiger charge is 2.19. The summed E-state index contributed by atoms with van der Waals surface area (Å²) in [5.41, 5.74) is 0.727. The third-order valence-electron chi connectivity index (χ3n) is 2.38. The molecule has 0 spiro atoms. The molecule has 2 N–H and O–H groups in total. The van der Waals surface area contributed by atoms with Gasteiger partial charge in [-0.2, -0.15) is 5.10 Å². The fraction of sp³-hybridized carbons (Fsp3) is 0.545. The van der Waals surface area contributed by atoms with Crippen LogP contribution in [0.15, 0.2) is 12.3 Å². The van der Waals surface area contributed by atoms with Crippen LogP contribution in [0.4, 0.5) is 4.79 Å². The van der Waals surface area contributed by atoms with E-state index in [4.69, 9.17) is 5.11 Å². The minimum atomic E-state index is -1.03. The number of hydrogen-bond acceptors (Lipinski definition) is 3. The summed E-state index contributed by atoms with van der Waals surface area (Å²) in [7, 11) is 1.79. The number of rotatable bonds is 5. The van der Waals surface area contributed by atoms with E-state index in [1.54, 1.807) is 37.8 Å². The van der Waals surface area contributed by atoms with Crippen molar-refractivity contribution in [3.05, 3.63) is 18.0 Å². The molecule has 0 radical (unpaired) electrons. The van der Waals surface area contributed by atoms with Crippen LogP contribution in [0.25, 0.3) is 0 Å². The first-order chi connectivity index (χ1) is 8.40. The maximum atomic E-state index is 11.8. The zero-order valence-electron chi connectivity index (χ0n) is 10.8. The summed E-state index contributed by atoms with van der Waals surface area (Å²) in [5, 5.41) is 15.5. The Morgan fingerprint density at radius 3 is 2.67 bits per heavy atom. The van der Waals surface area contributed by atoms with Crippen LogP contribution in [0.1, 0.15) is 19.5 Å². The Morgan fingerprint density at radius 1 is 1.56 bits per heavy atom. The molecule has 7 heteroatoms. The van der Waals surface area contributed by atoms with Crippen LogP contribution in [0.2, 0.25) is 0 Å². The maximum Gasteiger partial charge on any atom is 0.323 e. The molecule has 0 saturated heterocycles.